The molecular formula is C15H27N3O2. The minimum Gasteiger partial charge on any atom is -0.481 e. The smallest absolute Gasteiger partial charge is 0.310 e. The van der Waals surface area contributed by atoms with Crippen LogP contribution in [0.25, 0.3) is 0 Å². The Labute approximate surface area is 121 Å². The number of hydrogen-bond donors (Lipinski definition) is 3. The van der Waals surface area contributed by atoms with Crippen molar-refractivity contribution in [2.45, 2.75) is 59.4 Å². The molecule has 3 N–H and O–H groups in total. The molecule has 0 amide bonds. The number of aliphatic carboxylic acids is 1. The molecule has 0 aromatic carbocycles. The van der Waals surface area contributed by atoms with E-state index in [1.165, 1.54) is 0 Å². The molecule has 1 aromatic heterocycles. The molecule has 20 heavy (non-hydrogen) atoms. The van der Waals surface area contributed by atoms with E-state index in [4.69, 9.17) is 0 Å². The SMILES string of the molecule is CCC(CC)(CNCc1cn[nH]c1C(C)(C)C)C(=O)O. The van der Waals surface area contributed by atoms with Crippen molar-refractivity contribution in [3.05, 3.63) is 17.5 Å². The van der Waals surface area contributed by atoms with Crippen LogP contribution < -0.4 is 5.32 Å². The molecule has 0 saturated carbocycles. The predicted molar refractivity (Wildman–Crippen MR) is 79.6 cm³/mol. The van der Waals surface area contributed by atoms with Crippen LogP contribution in [0.4, 0.5) is 0 Å². The van der Waals surface area contributed by atoms with Crippen molar-refractivity contribution in [1.29, 1.82) is 0 Å². The highest BCUT2D eigenvalue weighted by molar-refractivity contribution is 5.74. The summed E-state index contributed by atoms with van der Waals surface area (Å²) in [7, 11) is 0. The number of nitrogens with one attached hydrogen (secondary N) is 2. The van der Waals surface area contributed by atoms with Crippen LogP contribution in [0, 0.1) is 5.41 Å². The summed E-state index contributed by atoms with van der Waals surface area (Å²) in [6.45, 7) is 11.4. The number of carboxylic acids is 1. The average molecular weight is 281 g/mol. The molecule has 1 aromatic rings. The average Bonchev–Trinajstić information content (AvgIpc) is 2.83. The summed E-state index contributed by atoms with van der Waals surface area (Å²) < 4.78 is 0. The first-order valence-electron chi connectivity index (χ1n) is 7.23. The molecule has 0 saturated heterocycles. The Bertz CT molecular complexity index is 442. The number of aromatic amines is 1. The van der Waals surface area contributed by atoms with Crippen molar-refractivity contribution in [2.24, 2.45) is 5.41 Å². The van der Waals surface area contributed by atoms with E-state index in [2.05, 4.69) is 36.3 Å². The predicted octanol–water partition coefficient (Wildman–Crippen LogP) is 2.69. The highest BCUT2D eigenvalue weighted by Gasteiger charge is 2.34. The second kappa shape index (κ2) is 6.39. The number of nitrogens with zero attached hydrogens (tertiary/aromatic N) is 1. The Hall–Kier alpha value is -1.36. The third-order valence-electron chi connectivity index (χ3n) is 4.05. The first-order valence-corrected chi connectivity index (χ1v) is 7.23. The van der Waals surface area contributed by atoms with Crippen LogP contribution in [0.15, 0.2) is 6.20 Å². The molecule has 5 nitrogen and oxygen atoms in total. The molecule has 0 fully saturated rings. The first-order chi connectivity index (χ1) is 9.27. The van der Waals surface area contributed by atoms with E-state index >= 15 is 0 Å². The first kappa shape index (κ1) is 16.7. The van der Waals surface area contributed by atoms with Gasteiger partial charge in [-0.3, -0.25) is 9.89 Å². The summed E-state index contributed by atoms with van der Waals surface area (Å²) >= 11 is 0. The van der Waals surface area contributed by atoms with Gasteiger partial charge in [-0.15, -0.1) is 0 Å². The van der Waals surface area contributed by atoms with Gasteiger partial charge in [-0.05, 0) is 12.8 Å². The van der Waals surface area contributed by atoms with E-state index < -0.39 is 11.4 Å². The van der Waals surface area contributed by atoms with Gasteiger partial charge in [0.15, 0.2) is 0 Å². The van der Waals surface area contributed by atoms with Crippen molar-refractivity contribution in [3.63, 3.8) is 0 Å². The molecule has 0 aliphatic heterocycles. The van der Waals surface area contributed by atoms with Crippen LogP contribution >= 0.6 is 0 Å². The maximum absolute atomic E-state index is 11.4. The molecule has 0 atom stereocenters. The number of carboxylic acid groups (broad SMARTS) is 1. The largest absolute Gasteiger partial charge is 0.481 e. The molecular weight excluding hydrogens is 254 g/mol. The molecule has 0 aliphatic carbocycles. The van der Waals surface area contributed by atoms with E-state index in [-0.39, 0.29) is 5.41 Å². The third-order valence-corrected chi connectivity index (χ3v) is 4.05. The number of hydrogen-bond acceptors (Lipinski definition) is 3. The molecule has 114 valence electrons. The third kappa shape index (κ3) is 3.60. The summed E-state index contributed by atoms with van der Waals surface area (Å²) in [6.07, 6.45) is 3.07. The molecule has 1 rings (SSSR count). The van der Waals surface area contributed by atoms with Crippen LogP contribution in [0.5, 0.6) is 0 Å². The lowest BCUT2D eigenvalue weighted by molar-refractivity contribution is -0.149. The fourth-order valence-corrected chi connectivity index (χ4v) is 2.41. The second-order valence-electron chi connectivity index (χ2n) is 6.42. The Morgan fingerprint density at radius 2 is 1.95 bits per heavy atom. The number of aromatic nitrogens is 2. The Morgan fingerprint density at radius 1 is 1.35 bits per heavy atom. The normalized spacial score (nSPS) is 12.7. The molecule has 0 unspecified atom stereocenters. The highest BCUT2D eigenvalue weighted by atomic mass is 16.4. The van der Waals surface area contributed by atoms with Gasteiger partial charge in [-0.25, -0.2) is 0 Å². The van der Waals surface area contributed by atoms with Gasteiger partial charge in [0, 0.05) is 29.8 Å². The topological polar surface area (TPSA) is 78.0 Å². The highest BCUT2D eigenvalue weighted by Crippen LogP contribution is 2.27. The number of carbonyl (C=O) groups is 1. The quantitative estimate of drug-likeness (QED) is 0.718. The zero-order valence-corrected chi connectivity index (χ0v) is 13.2. The standard InChI is InChI=1S/C15H27N3O2/c1-6-15(7-2,13(19)20)10-16-8-11-9-17-18-12(11)14(3,4)5/h9,16H,6-8,10H2,1-5H3,(H,17,18)(H,19,20). The van der Waals surface area contributed by atoms with Gasteiger partial charge < -0.3 is 10.4 Å². The van der Waals surface area contributed by atoms with Crippen LogP contribution in [-0.2, 0) is 16.8 Å². The Morgan fingerprint density at radius 3 is 2.40 bits per heavy atom. The number of rotatable bonds is 7. The zero-order valence-electron chi connectivity index (χ0n) is 13.2. The van der Waals surface area contributed by atoms with Crippen molar-refractivity contribution in [1.82, 2.24) is 15.5 Å². The monoisotopic (exact) mass is 281 g/mol. The van der Waals surface area contributed by atoms with Gasteiger partial charge in [-0.2, -0.15) is 5.10 Å². The lowest BCUT2D eigenvalue weighted by atomic mass is 9.82. The van der Waals surface area contributed by atoms with E-state index in [1.54, 1.807) is 0 Å². The Balaban J connectivity index is 2.69. The summed E-state index contributed by atoms with van der Waals surface area (Å²) in [5, 5.41) is 19.8. The summed E-state index contributed by atoms with van der Waals surface area (Å²) in [6, 6.07) is 0. The molecule has 0 spiro atoms. The number of H-pyrrole nitrogens is 1. The van der Waals surface area contributed by atoms with Gasteiger partial charge in [0.1, 0.15) is 0 Å². The van der Waals surface area contributed by atoms with Crippen LogP contribution in [-0.4, -0.2) is 27.8 Å². The fourth-order valence-electron chi connectivity index (χ4n) is 2.41. The van der Waals surface area contributed by atoms with Gasteiger partial charge in [0.05, 0.1) is 11.6 Å². The molecule has 1 heterocycles. The fraction of sp³-hybridized carbons (Fsp3) is 0.733. The summed E-state index contributed by atoms with van der Waals surface area (Å²) in [5.41, 5.74) is 1.53. The lowest BCUT2D eigenvalue weighted by Gasteiger charge is -2.27. The van der Waals surface area contributed by atoms with Gasteiger partial charge in [0.2, 0.25) is 0 Å². The van der Waals surface area contributed by atoms with Crippen molar-refractivity contribution < 1.29 is 9.90 Å². The van der Waals surface area contributed by atoms with E-state index in [0.29, 0.717) is 25.9 Å². The van der Waals surface area contributed by atoms with E-state index in [1.807, 2.05) is 20.0 Å². The molecule has 5 heteroatoms. The molecule has 0 radical (unpaired) electrons. The minimum atomic E-state index is -0.724. The van der Waals surface area contributed by atoms with Crippen molar-refractivity contribution in [2.75, 3.05) is 6.54 Å². The molecule has 0 bridgehead atoms. The van der Waals surface area contributed by atoms with E-state index in [0.717, 1.165) is 11.3 Å². The van der Waals surface area contributed by atoms with Crippen molar-refractivity contribution >= 4 is 5.97 Å². The van der Waals surface area contributed by atoms with Gasteiger partial charge in [-0.1, -0.05) is 34.6 Å². The van der Waals surface area contributed by atoms with Gasteiger partial charge in [0.25, 0.3) is 0 Å². The lowest BCUT2D eigenvalue weighted by Crippen LogP contribution is -2.40. The maximum atomic E-state index is 11.4. The summed E-state index contributed by atoms with van der Waals surface area (Å²) in [4.78, 5) is 11.4. The van der Waals surface area contributed by atoms with Crippen LogP contribution in [0.1, 0.15) is 58.7 Å². The van der Waals surface area contributed by atoms with Gasteiger partial charge >= 0.3 is 5.97 Å². The van der Waals surface area contributed by atoms with Crippen LogP contribution in [0.2, 0.25) is 0 Å². The van der Waals surface area contributed by atoms with Crippen LogP contribution in [0.3, 0.4) is 0 Å². The Kier molecular flexibility index (Phi) is 5.34. The zero-order chi connectivity index (χ0) is 15.4. The van der Waals surface area contributed by atoms with Crippen molar-refractivity contribution in [3.8, 4) is 0 Å². The minimum absolute atomic E-state index is 0.00686. The second-order valence-corrected chi connectivity index (χ2v) is 6.42. The summed E-state index contributed by atoms with van der Waals surface area (Å²) in [5.74, 6) is -0.724. The molecule has 0 aliphatic rings. The van der Waals surface area contributed by atoms with E-state index in [9.17, 15) is 9.90 Å². The maximum Gasteiger partial charge on any atom is 0.310 e.